The van der Waals surface area contributed by atoms with Gasteiger partial charge in [-0.05, 0) is 0 Å². The molecule has 0 bridgehead atoms. The Morgan fingerprint density at radius 3 is 1.50 bits per heavy atom. The molecule has 0 amide bonds. The zero-order chi connectivity index (χ0) is 13.2. The van der Waals surface area contributed by atoms with Crippen molar-refractivity contribution in [1.29, 1.82) is 0 Å². The van der Waals surface area contributed by atoms with Gasteiger partial charge in [0, 0.05) is 0 Å². The zero-order valence-electron chi connectivity index (χ0n) is 11.7. The van der Waals surface area contributed by atoms with Gasteiger partial charge in [0.05, 0.1) is 27.7 Å². The molecule has 0 saturated heterocycles. The van der Waals surface area contributed by atoms with Crippen molar-refractivity contribution >= 4 is 7.92 Å². The smallest absolute Gasteiger partial charge is 0.101 e. The van der Waals surface area contributed by atoms with E-state index in [-0.39, 0.29) is 45.9 Å². The van der Waals surface area contributed by atoms with Gasteiger partial charge in [-0.25, -0.2) is 0 Å². The van der Waals surface area contributed by atoms with Crippen LogP contribution in [-0.4, -0.2) is 80.7 Å². The summed E-state index contributed by atoms with van der Waals surface area (Å²) in [6, 6.07) is 0. The molecule has 2 N–H and O–H groups in total. The number of hydrogen-bond donors (Lipinski definition) is 2. The number of rotatable bonds is 4. The van der Waals surface area contributed by atoms with Gasteiger partial charge in [0.15, 0.2) is 0 Å². The van der Waals surface area contributed by atoms with E-state index in [0.717, 1.165) is 11.0 Å². The number of aliphatic hydroxyl groups is 2. The first-order valence-electron chi connectivity index (χ1n) is 5.13. The van der Waals surface area contributed by atoms with Crippen LogP contribution in [0.2, 0.25) is 0 Å². The van der Waals surface area contributed by atoms with Gasteiger partial charge in [-0.1, -0.05) is 0 Å². The molecule has 0 spiro atoms. The average Bonchev–Trinajstić information content (AvgIpc) is 2.01. The number of quaternary nitrogens is 2. The van der Waals surface area contributed by atoms with Gasteiger partial charge >= 0.3 is 55.1 Å². The van der Waals surface area contributed by atoms with Crippen LogP contribution >= 0.6 is 7.92 Å². The molecule has 5 nitrogen and oxygen atoms in total. The van der Waals surface area contributed by atoms with Crippen LogP contribution in [0.25, 0.3) is 0 Å². The van der Waals surface area contributed by atoms with E-state index in [0.29, 0.717) is 11.0 Å². The normalized spacial score (nSPS) is 9.94. The third kappa shape index (κ3) is 25.3. The Morgan fingerprint density at radius 1 is 0.944 bits per heavy atom. The minimum atomic E-state index is -0.105. The molecule has 0 aromatic carbocycles. The van der Waals surface area contributed by atoms with E-state index >= 15 is 0 Å². The van der Waals surface area contributed by atoms with Crippen LogP contribution in [0, 0.1) is 5.75 Å². The molecule has 0 fully saturated rings. The Morgan fingerprint density at radius 2 is 1.33 bits per heavy atom. The Hall–Kier alpha value is 0.430. The van der Waals surface area contributed by atoms with Crippen molar-refractivity contribution in [3.05, 3.63) is 0 Å². The van der Waals surface area contributed by atoms with Crippen molar-refractivity contribution in [3.8, 4) is 5.75 Å². The van der Waals surface area contributed by atoms with Crippen LogP contribution < -0.4 is 24.8 Å². The van der Waals surface area contributed by atoms with Crippen molar-refractivity contribution in [1.82, 2.24) is 0 Å². The molecule has 0 saturated carbocycles. The summed E-state index contributed by atoms with van der Waals surface area (Å²) < 4.78 is 11.2. The van der Waals surface area contributed by atoms with Gasteiger partial charge < -0.3 is 34.4 Å². The van der Waals surface area contributed by atoms with E-state index in [4.69, 9.17) is 10.2 Å². The van der Waals surface area contributed by atoms with Gasteiger partial charge in [-0.3, -0.25) is 0 Å². The van der Waals surface area contributed by atoms with Gasteiger partial charge in [0.25, 0.3) is 0 Å². The number of aliphatic hydroxyl groups excluding tert-OH is 2. The van der Waals surface area contributed by atoms with E-state index in [1.807, 2.05) is 14.1 Å². The number of nitrogens with zero attached hydrogens (tertiary/aromatic N) is 2. The summed E-state index contributed by atoms with van der Waals surface area (Å²) in [4.78, 5) is 0. The van der Waals surface area contributed by atoms with Crippen LogP contribution in [-0.2, 0) is 4.57 Å². The maximum Gasteiger partial charge on any atom is 0.101 e. The fourth-order valence-corrected chi connectivity index (χ4v) is 1.03. The second-order valence-electron chi connectivity index (χ2n) is 5.06. The third-order valence-electron chi connectivity index (χ3n) is 1.74. The van der Waals surface area contributed by atoms with Gasteiger partial charge in [-0.15, -0.1) is 0 Å². The summed E-state index contributed by atoms with van der Waals surface area (Å²) >= 11 is 0. The average molecular weight is 323 g/mol. The van der Waals surface area contributed by atoms with Crippen LogP contribution in [0.5, 0.6) is 0 Å². The Balaban J connectivity index is -0.000000100. The maximum absolute atomic E-state index is 9.98. The molecule has 0 aliphatic heterocycles. The molecule has 0 unspecified atom stereocenters. The molecule has 0 radical (unpaired) electrons. The zero-order valence-corrected chi connectivity index (χ0v) is 14.1. The third-order valence-corrected chi connectivity index (χ3v) is 2.36. The summed E-state index contributed by atoms with van der Waals surface area (Å²) in [5, 5.41) is 16.9. The Bertz CT molecular complexity index is 276. The minimum Gasteiger partial charge on any atom is -1.00 e. The predicted molar refractivity (Wildman–Crippen MR) is 65.5 cm³/mol. The van der Waals surface area contributed by atoms with E-state index in [1.54, 1.807) is 0 Å². The summed E-state index contributed by atoms with van der Waals surface area (Å²) in [6.45, 7) is 1.76. The fraction of sp³-hybridized carbons (Fsp3) is 0.900. The second kappa shape index (κ2) is 13.9. The van der Waals surface area contributed by atoms with Gasteiger partial charge in [0.1, 0.15) is 6.54 Å². The summed E-state index contributed by atoms with van der Waals surface area (Å²) in [6.07, 6.45) is 0. The largest absolute Gasteiger partial charge is 1.00 e. The van der Waals surface area contributed by atoms with Crippen molar-refractivity contribution in [2.24, 2.45) is 0 Å². The van der Waals surface area contributed by atoms with Crippen LogP contribution in [0.3, 0.4) is 0 Å². The molecule has 0 aromatic heterocycles. The molecule has 18 heavy (non-hydrogen) atoms. The van der Waals surface area contributed by atoms with Crippen molar-refractivity contribution in [2.45, 2.75) is 0 Å². The summed E-state index contributed by atoms with van der Waals surface area (Å²) in [5.41, 5.74) is 0. The number of hydrogen-bond acceptors (Lipinski definition) is 3. The first-order chi connectivity index (χ1) is 7.18. The van der Waals surface area contributed by atoms with E-state index in [2.05, 4.69) is 26.9 Å². The Labute approximate surface area is 124 Å². The van der Waals surface area contributed by atoms with Crippen LogP contribution in [0.15, 0.2) is 0 Å². The predicted octanol–water partition coefficient (Wildman–Crippen LogP) is -6.04. The molecule has 0 atom stereocenters. The van der Waals surface area contributed by atoms with E-state index in [9.17, 15) is 4.57 Å². The van der Waals surface area contributed by atoms with Crippen LogP contribution in [0.1, 0.15) is 0 Å². The molecular formula is C10H25Cl2N2O3P. The summed E-state index contributed by atoms with van der Waals surface area (Å²) in [5.74, 6) is 2.62. The Kier molecular flexibility index (Phi) is 20.7. The standard InChI is InChI=1S/C5H11NO2P.C5H14NO.2ClH/c1-6(2,3-4-7)5-9-8;1-6(2,3)4-5-7;;/h7H,3-4H2,1-2H3;7H,4-5H2,1-3H3;2*1H/q2*+1;;/p-2. The molecule has 8 heteroatoms. The quantitative estimate of drug-likeness (QED) is 0.400. The maximum atomic E-state index is 9.98. The van der Waals surface area contributed by atoms with Crippen molar-refractivity contribution < 1.29 is 48.6 Å². The molecule has 0 rings (SSSR count). The SMILES string of the molecule is C[N+](C)(C#P=O)CCO.C[N+](C)(C)CCO.[Cl-].[Cl-]. The fourth-order valence-electron chi connectivity index (χ4n) is 0.711. The topological polar surface area (TPSA) is 57.5 Å². The van der Waals surface area contributed by atoms with Crippen molar-refractivity contribution in [3.63, 3.8) is 0 Å². The van der Waals surface area contributed by atoms with Gasteiger partial charge in [0.2, 0.25) is 0 Å². The van der Waals surface area contributed by atoms with Gasteiger partial charge in [-0.2, -0.15) is 0 Å². The molecular weight excluding hydrogens is 298 g/mol. The first-order valence-corrected chi connectivity index (χ1v) is 5.94. The summed E-state index contributed by atoms with van der Waals surface area (Å²) in [7, 11) is 9.69. The molecule has 0 aromatic rings. The second-order valence-corrected chi connectivity index (χ2v) is 5.44. The van der Waals surface area contributed by atoms with E-state index in [1.165, 1.54) is 0 Å². The monoisotopic (exact) mass is 322 g/mol. The molecule has 0 aliphatic rings. The molecule has 0 aliphatic carbocycles. The number of likely N-dealkylation sites (N-methyl/N-ethyl adjacent to an activating group) is 2. The number of halogens is 2. The minimum absolute atomic E-state index is 0. The van der Waals surface area contributed by atoms with Crippen molar-refractivity contribution in [2.75, 3.05) is 61.5 Å². The molecule has 112 valence electrons. The van der Waals surface area contributed by atoms with Crippen LogP contribution in [0.4, 0.5) is 0 Å². The first kappa shape index (κ1) is 26.9. The molecule has 0 heterocycles. The van der Waals surface area contributed by atoms with E-state index < -0.39 is 0 Å².